The topological polar surface area (TPSA) is 92.9 Å². The molecule has 1 rings (SSSR count). The van der Waals surface area contributed by atoms with Crippen LogP contribution in [0.2, 0.25) is 0 Å². The molecule has 1 atom stereocenters. The van der Waals surface area contributed by atoms with E-state index in [9.17, 15) is 4.79 Å². The first-order chi connectivity index (χ1) is 9.21. The Morgan fingerprint density at radius 3 is 2.84 bits per heavy atom. The number of amides is 1. The molecule has 6 nitrogen and oxygen atoms in total. The molecule has 106 valence electrons. The fourth-order valence-corrected chi connectivity index (χ4v) is 1.82. The Balaban J connectivity index is 2.49. The van der Waals surface area contributed by atoms with Crippen molar-refractivity contribution >= 4 is 11.7 Å². The third kappa shape index (κ3) is 5.21. The van der Waals surface area contributed by atoms with Gasteiger partial charge in [0.15, 0.2) is 5.82 Å². The lowest BCUT2D eigenvalue weighted by Crippen LogP contribution is -2.30. The Kier molecular flexibility index (Phi) is 6.81. The Morgan fingerprint density at radius 1 is 1.42 bits per heavy atom. The van der Waals surface area contributed by atoms with Crippen LogP contribution in [-0.4, -0.2) is 22.4 Å². The standard InChI is InChI=1S/C13H23N5O/c1-3-5-6-10(4-2)7-16-13(19)11-8-15-9-12(17-11)18-14/h8-10H,3-7,14H2,1-2H3,(H,16,19)(H,17,18). The fraction of sp³-hybridized carbons (Fsp3) is 0.615. The molecule has 1 aromatic heterocycles. The van der Waals surface area contributed by atoms with Gasteiger partial charge in [0, 0.05) is 6.54 Å². The van der Waals surface area contributed by atoms with Gasteiger partial charge < -0.3 is 10.7 Å². The summed E-state index contributed by atoms with van der Waals surface area (Å²) in [6, 6.07) is 0. The van der Waals surface area contributed by atoms with Gasteiger partial charge in [-0.2, -0.15) is 0 Å². The van der Waals surface area contributed by atoms with Crippen LogP contribution >= 0.6 is 0 Å². The molecule has 0 aromatic carbocycles. The molecule has 0 aliphatic carbocycles. The summed E-state index contributed by atoms with van der Waals surface area (Å²) in [6.45, 7) is 4.99. The van der Waals surface area contributed by atoms with Gasteiger partial charge >= 0.3 is 0 Å². The third-order valence-electron chi connectivity index (χ3n) is 3.11. The summed E-state index contributed by atoms with van der Waals surface area (Å²) in [6.07, 6.45) is 7.48. The number of nitrogens with two attached hydrogens (primary N) is 1. The molecule has 1 heterocycles. The largest absolute Gasteiger partial charge is 0.350 e. The number of nitrogens with zero attached hydrogens (tertiary/aromatic N) is 2. The molecule has 1 aromatic rings. The van der Waals surface area contributed by atoms with E-state index in [4.69, 9.17) is 5.84 Å². The number of aromatic nitrogens is 2. The van der Waals surface area contributed by atoms with Gasteiger partial charge in [0.2, 0.25) is 0 Å². The number of anilines is 1. The predicted molar refractivity (Wildman–Crippen MR) is 75.5 cm³/mol. The zero-order valence-corrected chi connectivity index (χ0v) is 11.6. The average Bonchev–Trinajstić information content (AvgIpc) is 2.47. The van der Waals surface area contributed by atoms with Crippen LogP contribution in [0.1, 0.15) is 50.0 Å². The van der Waals surface area contributed by atoms with E-state index < -0.39 is 0 Å². The minimum Gasteiger partial charge on any atom is -0.350 e. The first kappa shape index (κ1) is 15.4. The number of carbonyl (C=O) groups is 1. The Hall–Kier alpha value is -1.69. The molecular weight excluding hydrogens is 242 g/mol. The van der Waals surface area contributed by atoms with Gasteiger partial charge in [0.25, 0.3) is 5.91 Å². The molecule has 0 radical (unpaired) electrons. The Morgan fingerprint density at radius 2 is 2.21 bits per heavy atom. The molecule has 19 heavy (non-hydrogen) atoms. The van der Waals surface area contributed by atoms with Gasteiger partial charge in [-0.1, -0.05) is 33.1 Å². The van der Waals surface area contributed by atoms with Crippen molar-refractivity contribution in [2.75, 3.05) is 12.0 Å². The molecule has 0 saturated carbocycles. The van der Waals surface area contributed by atoms with Crippen molar-refractivity contribution in [3.8, 4) is 0 Å². The predicted octanol–water partition coefficient (Wildman–Crippen LogP) is 1.71. The molecule has 0 aliphatic rings. The van der Waals surface area contributed by atoms with Crippen LogP contribution in [0.5, 0.6) is 0 Å². The summed E-state index contributed by atoms with van der Waals surface area (Å²) >= 11 is 0. The minimum absolute atomic E-state index is 0.209. The number of nitrogens with one attached hydrogen (secondary N) is 2. The van der Waals surface area contributed by atoms with E-state index >= 15 is 0 Å². The maximum atomic E-state index is 11.9. The van der Waals surface area contributed by atoms with Crippen molar-refractivity contribution in [1.29, 1.82) is 0 Å². The summed E-state index contributed by atoms with van der Waals surface area (Å²) in [5.74, 6) is 5.93. The second-order valence-electron chi connectivity index (χ2n) is 4.56. The first-order valence-electron chi connectivity index (χ1n) is 6.78. The molecule has 0 bridgehead atoms. The van der Waals surface area contributed by atoms with Crippen molar-refractivity contribution in [1.82, 2.24) is 15.3 Å². The van der Waals surface area contributed by atoms with Gasteiger partial charge in [-0.05, 0) is 12.3 Å². The maximum Gasteiger partial charge on any atom is 0.271 e. The lowest BCUT2D eigenvalue weighted by molar-refractivity contribution is 0.0940. The van der Waals surface area contributed by atoms with Crippen molar-refractivity contribution < 1.29 is 4.79 Å². The Labute approximate surface area is 114 Å². The first-order valence-corrected chi connectivity index (χ1v) is 6.78. The van der Waals surface area contributed by atoms with Crippen LogP contribution in [0, 0.1) is 5.92 Å². The van der Waals surface area contributed by atoms with E-state index in [1.807, 2.05) is 0 Å². The van der Waals surface area contributed by atoms with Gasteiger partial charge in [0.05, 0.1) is 12.4 Å². The molecule has 0 fully saturated rings. The van der Waals surface area contributed by atoms with Gasteiger partial charge in [-0.3, -0.25) is 9.78 Å². The summed E-state index contributed by atoms with van der Waals surface area (Å²) in [5, 5.41) is 2.90. The second-order valence-corrected chi connectivity index (χ2v) is 4.56. The zero-order valence-electron chi connectivity index (χ0n) is 11.6. The number of carbonyl (C=O) groups excluding carboxylic acids is 1. The van der Waals surface area contributed by atoms with E-state index in [-0.39, 0.29) is 11.6 Å². The van der Waals surface area contributed by atoms with Gasteiger partial charge in [-0.25, -0.2) is 10.8 Å². The lowest BCUT2D eigenvalue weighted by Gasteiger charge is -2.15. The lowest BCUT2D eigenvalue weighted by atomic mass is 9.99. The number of hydrogen-bond donors (Lipinski definition) is 3. The number of unbranched alkanes of at least 4 members (excludes halogenated alkanes) is 1. The highest BCUT2D eigenvalue weighted by molar-refractivity contribution is 5.92. The molecule has 1 unspecified atom stereocenters. The zero-order chi connectivity index (χ0) is 14.1. The summed E-state index contributed by atoms with van der Waals surface area (Å²) in [5.41, 5.74) is 2.65. The van der Waals surface area contributed by atoms with Crippen LogP contribution in [0.4, 0.5) is 5.82 Å². The number of hydrazine groups is 1. The maximum absolute atomic E-state index is 11.9. The van der Waals surface area contributed by atoms with E-state index in [0.717, 1.165) is 12.8 Å². The van der Waals surface area contributed by atoms with E-state index in [2.05, 4.69) is 34.6 Å². The summed E-state index contributed by atoms with van der Waals surface area (Å²) in [7, 11) is 0. The third-order valence-corrected chi connectivity index (χ3v) is 3.11. The van der Waals surface area contributed by atoms with Crippen molar-refractivity contribution in [2.24, 2.45) is 11.8 Å². The SMILES string of the molecule is CCCCC(CC)CNC(=O)c1cncc(NN)n1. The van der Waals surface area contributed by atoms with Crippen LogP contribution in [0.25, 0.3) is 0 Å². The number of hydrogen-bond acceptors (Lipinski definition) is 5. The minimum atomic E-state index is -0.209. The van der Waals surface area contributed by atoms with Crippen LogP contribution < -0.4 is 16.6 Å². The van der Waals surface area contributed by atoms with Crippen molar-refractivity contribution in [2.45, 2.75) is 39.5 Å². The normalized spacial score (nSPS) is 11.9. The van der Waals surface area contributed by atoms with E-state index in [1.165, 1.54) is 25.2 Å². The van der Waals surface area contributed by atoms with Crippen LogP contribution in [0.3, 0.4) is 0 Å². The highest BCUT2D eigenvalue weighted by Crippen LogP contribution is 2.11. The molecule has 4 N–H and O–H groups in total. The number of rotatable bonds is 8. The molecule has 0 saturated heterocycles. The van der Waals surface area contributed by atoms with Crippen molar-refractivity contribution in [3.05, 3.63) is 18.1 Å². The smallest absolute Gasteiger partial charge is 0.271 e. The molecule has 1 amide bonds. The molecule has 0 spiro atoms. The highest BCUT2D eigenvalue weighted by atomic mass is 16.1. The van der Waals surface area contributed by atoms with Gasteiger partial charge in [-0.15, -0.1) is 0 Å². The monoisotopic (exact) mass is 265 g/mol. The van der Waals surface area contributed by atoms with Crippen molar-refractivity contribution in [3.63, 3.8) is 0 Å². The quantitative estimate of drug-likeness (QED) is 0.491. The average molecular weight is 265 g/mol. The van der Waals surface area contributed by atoms with Crippen LogP contribution in [-0.2, 0) is 0 Å². The Bertz CT molecular complexity index is 396. The summed E-state index contributed by atoms with van der Waals surface area (Å²) < 4.78 is 0. The van der Waals surface area contributed by atoms with Gasteiger partial charge in [0.1, 0.15) is 5.69 Å². The molecule has 6 heteroatoms. The molecule has 0 aliphatic heterocycles. The van der Waals surface area contributed by atoms with E-state index in [1.54, 1.807) is 0 Å². The van der Waals surface area contributed by atoms with Crippen LogP contribution in [0.15, 0.2) is 12.4 Å². The highest BCUT2D eigenvalue weighted by Gasteiger charge is 2.11. The fourth-order valence-electron chi connectivity index (χ4n) is 1.82. The summed E-state index contributed by atoms with van der Waals surface area (Å²) in [4.78, 5) is 19.9. The second kappa shape index (κ2) is 8.42. The van der Waals surface area contributed by atoms with E-state index in [0.29, 0.717) is 18.3 Å². The number of nitrogen functional groups attached to an aromatic ring is 1. The molecular formula is C13H23N5O.